The fraction of sp³-hybridized carbons (Fsp3) is 0. The molecule has 0 N–H and O–H groups in total. The molecule has 298 valence electrons. The molecule has 0 amide bonds. The molecule has 14 aromatic rings. The number of para-hydroxylation sites is 4. The van der Waals surface area contributed by atoms with E-state index in [1.165, 1.54) is 43.7 Å². The van der Waals surface area contributed by atoms with E-state index in [-0.39, 0.29) is 0 Å². The predicted octanol–water partition coefficient (Wildman–Crippen LogP) is 16.7. The zero-order valence-corrected chi connectivity index (χ0v) is 34.5. The quantitative estimate of drug-likeness (QED) is 0.173. The van der Waals surface area contributed by atoms with Crippen LogP contribution in [0.1, 0.15) is 0 Å². The van der Waals surface area contributed by atoms with Crippen LogP contribution in [0.5, 0.6) is 0 Å². The van der Waals surface area contributed by atoms with Gasteiger partial charge in [-0.05, 0) is 137 Å². The number of benzene rings is 10. The van der Waals surface area contributed by atoms with E-state index in [4.69, 9.17) is 8.83 Å². The van der Waals surface area contributed by atoms with Crippen LogP contribution in [0.25, 0.3) is 132 Å². The molecule has 0 aliphatic carbocycles. The minimum absolute atomic E-state index is 0.884. The monoisotopic (exact) mass is 816 g/mol. The van der Waals surface area contributed by atoms with Gasteiger partial charge in [-0.2, -0.15) is 0 Å². The van der Waals surface area contributed by atoms with Crippen LogP contribution in [-0.2, 0) is 0 Å². The minimum Gasteiger partial charge on any atom is -0.456 e. The lowest BCUT2D eigenvalue weighted by Crippen LogP contribution is -1.94. The van der Waals surface area contributed by atoms with E-state index in [0.717, 1.165) is 88.6 Å². The molecule has 0 aliphatic rings. The van der Waals surface area contributed by atoms with Crippen molar-refractivity contribution in [3.8, 4) is 44.8 Å². The topological polar surface area (TPSA) is 36.1 Å². The number of aromatic nitrogens is 2. The number of furan rings is 2. The predicted molar refractivity (Wildman–Crippen MR) is 266 cm³/mol. The first kappa shape index (κ1) is 35.0. The highest BCUT2D eigenvalue weighted by atomic mass is 16.3. The number of hydrogen-bond acceptors (Lipinski definition) is 2. The molecule has 0 saturated carbocycles. The van der Waals surface area contributed by atoms with Crippen molar-refractivity contribution in [2.75, 3.05) is 0 Å². The molecule has 4 aromatic heterocycles. The van der Waals surface area contributed by atoms with E-state index < -0.39 is 0 Å². The Balaban J connectivity index is 0.855. The van der Waals surface area contributed by atoms with Gasteiger partial charge in [0.2, 0.25) is 0 Å². The number of hydrogen-bond donors (Lipinski definition) is 0. The van der Waals surface area contributed by atoms with E-state index in [1.807, 2.05) is 12.1 Å². The van der Waals surface area contributed by atoms with Crippen LogP contribution in [0.15, 0.2) is 227 Å². The summed E-state index contributed by atoms with van der Waals surface area (Å²) in [5.41, 5.74) is 17.5. The highest BCUT2D eigenvalue weighted by Crippen LogP contribution is 2.41. The Bertz CT molecular complexity index is 4200. The zero-order chi connectivity index (χ0) is 41.9. The molecule has 0 saturated heterocycles. The number of rotatable bonds is 5. The lowest BCUT2D eigenvalue weighted by atomic mass is 9.98. The van der Waals surface area contributed by atoms with Crippen molar-refractivity contribution in [1.82, 2.24) is 9.13 Å². The van der Waals surface area contributed by atoms with Gasteiger partial charge in [-0.15, -0.1) is 0 Å². The third-order valence-corrected chi connectivity index (χ3v) is 13.3. The molecule has 64 heavy (non-hydrogen) atoms. The summed E-state index contributed by atoms with van der Waals surface area (Å²) < 4.78 is 17.5. The Morgan fingerprint density at radius 3 is 1.30 bits per heavy atom. The first-order valence-electron chi connectivity index (χ1n) is 21.8. The van der Waals surface area contributed by atoms with Crippen molar-refractivity contribution in [3.63, 3.8) is 0 Å². The standard InChI is InChI=1S/C60H36N2O2/c1-2-12-43(13-3-1)61-53-18-7-4-15-45(53)49-32-38(22-27-55(49)61)40-24-29-58-51(34-40)52-35-41(25-30-59(52)63-58)39-23-28-56-50(33-39)46-16-5-8-19-54(46)62(56)44-14-10-11-37(31-44)42-21-26-48-47-17-6-9-20-57(47)64-60(48)36-42/h1-36H. The molecular formula is C60H36N2O2. The molecule has 0 radical (unpaired) electrons. The Morgan fingerprint density at radius 1 is 0.219 bits per heavy atom. The molecule has 0 aliphatic heterocycles. The van der Waals surface area contributed by atoms with Crippen LogP contribution in [0.3, 0.4) is 0 Å². The van der Waals surface area contributed by atoms with Crippen molar-refractivity contribution >= 4 is 87.5 Å². The summed E-state index contributed by atoms with van der Waals surface area (Å²) in [5.74, 6) is 0. The molecule has 4 heteroatoms. The van der Waals surface area contributed by atoms with Gasteiger partial charge in [0.05, 0.1) is 22.1 Å². The van der Waals surface area contributed by atoms with Gasteiger partial charge in [-0.3, -0.25) is 0 Å². The van der Waals surface area contributed by atoms with E-state index in [0.29, 0.717) is 0 Å². The van der Waals surface area contributed by atoms with Crippen LogP contribution >= 0.6 is 0 Å². The molecule has 0 unspecified atom stereocenters. The molecule has 0 bridgehead atoms. The molecule has 0 spiro atoms. The van der Waals surface area contributed by atoms with Crippen molar-refractivity contribution in [1.29, 1.82) is 0 Å². The zero-order valence-electron chi connectivity index (χ0n) is 34.5. The Kier molecular flexibility index (Phi) is 7.36. The maximum atomic E-state index is 6.46. The van der Waals surface area contributed by atoms with Crippen molar-refractivity contribution in [2.24, 2.45) is 0 Å². The molecule has 0 atom stereocenters. The van der Waals surface area contributed by atoms with E-state index >= 15 is 0 Å². The molecule has 4 heterocycles. The van der Waals surface area contributed by atoms with Crippen molar-refractivity contribution in [2.45, 2.75) is 0 Å². The van der Waals surface area contributed by atoms with Crippen LogP contribution in [0.2, 0.25) is 0 Å². The first-order chi connectivity index (χ1) is 31.7. The van der Waals surface area contributed by atoms with E-state index in [2.05, 4.69) is 215 Å². The molecule has 4 nitrogen and oxygen atoms in total. The van der Waals surface area contributed by atoms with Gasteiger partial charge in [0.25, 0.3) is 0 Å². The van der Waals surface area contributed by atoms with Gasteiger partial charge in [0.15, 0.2) is 0 Å². The van der Waals surface area contributed by atoms with Gasteiger partial charge in [0, 0.05) is 54.5 Å². The molecule has 14 rings (SSSR count). The van der Waals surface area contributed by atoms with Crippen LogP contribution in [0.4, 0.5) is 0 Å². The fourth-order valence-corrected chi connectivity index (χ4v) is 10.3. The second-order valence-corrected chi connectivity index (χ2v) is 16.9. The third kappa shape index (κ3) is 5.23. The Hall–Kier alpha value is -8.60. The molecular weight excluding hydrogens is 781 g/mol. The van der Waals surface area contributed by atoms with Crippen molar-refractivity contribution < 1.29 is 8.83 Å². The average molecular weight is 817 g/mol. The third-order valence-electron chi connectivity index (χ3n) is 13.3. The minimum atomic E-state index is 0.884. The summed E-state index contributed by atoms with van der Waals surface area (Å²) in [6.45, 7) is 0. The van der Waals surface area contributed by atoms with Gasteiger partial charge in [-0.25, -0.2) is 0 Å². The lowest BCUT2D eigenvalue weighted by Gasteiger charge is -2.11. The summed E-state index contributed by atoms with van der Waals surface area (Å²) in [7, 11) is 0. The summed E-state index contributed by atoms with van der Waals surface area (Å²) in [6, 6.07) is 78.6. The Labute approximate surface area is 367 Å². The summed E-state index contributed by atoms with van der Waals surface area (Å²) >= 11 is 0. The normalized spacial score (nSPS) is 12.1. The van der Waals surface area contributed by atoms with Gasteiger partial charge < -0.3 is 18.0 Å². The van der Waals surface area contributed by atoms with Crippen LogP contribution in [-0.4, -0.2) is 9.13 Å². The average Bonchev–Trinajstić information content (AvgIpc) is 4.11. The summed E-state index contributed by atoms with van der Waals surface area (Å²) in [6.07, 6.45) is 0. The first-order valence-corrected chi connectivity index (χ1v) is 21.8. The van der Waals surface area contributed by atoms with Gasteiger partial charge >= 0.3 is 0 Å². The smallest absolute Gasteiger partial charge is 0.136 e. The maximum absolute atomic E-state index is 6.46. The van der Waals surface area contributed by atoms with Gasteiger partial charge in [-0.1, -0.05) is 115 Å². The van der Waals surface area contributed by atoms with Gasteiger partial charge in [0.1, 0.15) is 22.3 Å². The van der Waals surface area contributed by atoms with Crippen molar-refractivity contribution in [3.05, 3.63) is 218 Å². The Morgan fingerprint density at radius 2 is 0.641 bits per heavy atom. The number of fused-ring (bicyclic) bond motifs is 12. The SMILES string of the molecule is c1ccc(-n2c3ccccc3c3cc(-c4ccc5oc6ccc(-c7ccc8c(c7)c7ccccc7n8-c7cccc(-c8ccc9c(c8)oc8ccccc89)c7)cc6c5c4)ccc32)cc1. The second kappa shape index (κ2) is 13.4. The largest absolute Gasteiger partial charge is 0.456 e. The lowest BCUT2D eigenvalue weighted by molar-refractivity contribution is 0.668. The summed E-state index contributed by atoms with van der Waals surface area (Å²) in [5, 5.41) is 9.41. The number of nitrogens with zero attached hydrogens (tertiary/aromatic N) is 2. The summed E-state index contributed by atoms with van der Waals surface area (Å²) in [4.78, 5) is 0. The fourth-order valence-electron chi connectivity index (χ4n) is 10.3. The second-order valence-electron chi connectivity index (χ2n) is 16.9. The highest BCUT2D eigenvalue weighted by molar-refractivity contribution is 6.13. The maximum Gasteiger partial charge on any atom is 0.136 e. The van der Waals surface area contributed by atoms with Crippen LogP contribution in [0, 0.1) is 0 Å². The van der Waals surface area contributed by atoms with E-state index in [9.17, 15) is 0 Å². The van der Waals surface area contributed by atoms with Crippen LogP contribution < -0.4 is 0 Å². The highest BCUT2D eigenvalue weighted by Gasteiger charge is 2.18. The molecule has 0 fully saturated rings. The van der Waals surface area contributed by atoms with E-state index in [1.54, 1.807) is 0 Å². The molecule has 10 aromatic carbocycles.